The van der Waals surface area contributed by atoms with Crippen molar-refractivity contribution < 1.29 is 19.2 Å². The summed E-state index contributed by atoms with van der Waals surface area (Å²) in [4.78, 5) is 35.2. The number of carbonyl (C=O) groups is 2. The van der Waals surface area contributed by atoms with Crippen molar-refractivity contribution in [1.29, 1.82) is 0 Å². The Labute approximate surface area is 181 Å². The van der Waals surface area contributed by atoms with Crippen molar-refractivity contribution in [1.82, 2.24) is 0 Å². The normalized spacial score (nSPS) is 10.3. The van der Waals surface area contributed by atoms with E-state index in [-0.39, 0.29) is 34.2 Å². The van der Waals surface area contributed by atoms with Crippen LogP contribution in [0.15, 0.2) is 66.7 Å². The van der Waals surface area contributed by atoms with Crippen LogP contribution in [0.4, 0.5) is 11.4 Å². The number of ketones is 1. The topological polar surface area (TPSA) is 98.5 Å². The minimum Gasteiger partial charge on any atom is -0.485 e. The Morgan fingerprint density at radius 2 is 1.73 bits per heavy atom. The molecule has 0 saturated heterocycles. The molecule has 1 N–H and O–H groups in total. The molecule has 7 nitrogen and oxygen atoms in total. The molecule has 0 heterocycles. The van der Waals surface area contributed by atoms with Gasteiger partial charge in [-0.1, -0.05) is 41.4 Å². The van der Waals surface area contributed by atoms with Gasteiger partial charge in [-0.2, -0.15) is 0 Å². The zero-order valence-electron chi connectivity index (χ0n) is 15.3. The van der Waals surface area contributed by atoms with Gasteiger partial charge >= 0.3 is 0 Å². The molecule has 3 rings (SSSR count). The lowest BCUT2D eigenvalue weighted by atomic mass is 10.1. The molecule has 1 amide bonds. The quantitative estimate of drug-likeness (QED) is 0.298. The number of rotatable bonds is 7. The zero-order valence-corrected chi connectivity index (χ0v) is 16.8. The van der Waals surface area contributed by atoms with Crippen molar-refractivity contribution in [3.8, 4) is 5.75 Å². The van der Waals surface area contributed by atoms with Gasteiger partial charge in [-0.25, -0.2) is 0 Å². The highest BCUT2D eigenvalue weighted by Crippen LogP contribution is 2.24. The lowest BCUT2D eigenvalue weighted by molar-refractivity contribution is -0.385. The fraction of sp³-hybridized carbons (Fsp3) is 0.0476. The molecular weight excluding hydrogens is 431 g/mol. The molecule has 0 unspecified atom stereocenters. The third-order valence-electron chi connectivity index (χ3n) is 4.04. The molecule has 0 radical (unpaired) electrons. The fourth-order valence-electron chi connectivity index (χ4n) is 2.63. The standard InChI is InChI=1S/C21H14Cl2N2O5/c22-13-8-9-16(18(23)10-13)20(26)12-30-15-5-3-4-14(11-15)24-21(27)17-6-1-2-7-19(17)25(28)29/h1-11H,12H2,(H,24,27). The molecule has 0 atom stereocenters. The fourth-order valence-corrected chi connectivity index (χ4v) is 3.14. The van der Waals surface area contributed by atoms with Gasteiger partial charge < -0.3 is 10.1 Å². The van der Waals surface area contributed by atoms with Crippen LogP contribution in [0.25, 0.3) is 0 Å². The Morgan fingerprint density at radius 1 is 0.967 bits per heavy atom. The highest BCUT2D eigenvalue weighted by Gasteiger charge is 2.19. The van der Waals surface area contributed by atoms with Gasteiger partial charge in [0.05, 0.1) is 9.95 Å². The molecule has 152 valence electrons. The molecular formula is C21H14Cl2N2O5. The van der Waals surface area contributed by atoms with Crippen LogP contribution in [-0.2, 0) is 0 Å². The van der Waals surface area contributed by atoms with Gasteiger partial charge in [0.1, 0.15) is 11.3 Å². The van der Waals surface area contributed by atoms with E-state index < -0.39 is 10.8 Å². The first-order valence-corrected chi connectivity index (χ1v) is 9.36. The smallest absolute Gasteiger partial charge is 0.282 e. The summed E-state index contributed by atoms with van der Waals surface area (Å²) in [6, 6.07) is 16.5. The second kappa shape index (κ2) is 9.39. The lowest BCUT2D eigenvalue weighted by Gasteiger charge is -2.10. The summed E-state index contributed by atoms with van der Waals surface area (Å²) in [5, 5.41) is 14.3. The highest BCUT2D eigenvalue weighted by atomic mass is 35.5. The van der Waals surface area contributed by atoms with Gasteiger partial charge in [-0.15, -0.1) is 0 Å². The summed E-state index contributed by atoms with van der Waals surface area (Å²) in [6.07, 6.45) is 0. The van der Waals surface area contributed by atoms with E-state index in [0.717, 1.165) is 0 Å². The second-order valence-electron chi connectivity index (χ2n) is 6.09. The van der Waals surface area contributed by atoms with Gasteiger partial charge in [0.2, 0.25) is 5.78 Å². The van der Waals surface area contributed by atoms with Gasteiger partial charge in [0.25, 0.3) is 11.6 Å². The van der Waals surface area contributed by atoms with E-state index in [4.69, 9.17) is 27.9 Å². The van der Waals surface area contributed by atoms with Gasteiger partial charge in [-0.3, -0.25) is 19.7 Å². The molecule has 9 heteroatoms. The Kier molecular flexibility index (Phi) is 6.66. The van der Waals surface area contributed by atoms with Crippen LogP contribution >= 0.6 is 23.2 Å². The van der Waals surface area contributed by atoms with Crippen molar-refractivity contribution in [2.75, 3.05) is 11.9 Å². The van der Waals surface area contributed by atoms with Gasteiger partial charge in [0, 0.05) is 28.4 Å². The zero-order chi connectivity index (χ0) is 21.7. The number of para-hydroxylation sites is 1. The average Bonchev–Trinajstić information content (AvgIpc) is 2.72. The molecule has 0 fully saturated rings. The molecule has 0 aromatic heterocycles. The van der Waals surface area contributed by atoms with E-state index in [1.54, 1.807) is 24.3 Å². The van der Waals surface area contributed by atoms with Crippen LogP contribution in [-0.4, -0.2) is 23.2 Å². The molecule has 0 aliphatic heterocycles. The van der Waals surface area contributed by atoms with E-state index in [2.05, 4.69) is 5.32 Å². The molecule has 3 aromatic rings. The molecule has 0 spiro atoms. The summed E-state index contributed by atoms with van der Waals surface area (Å²) >= 11 is 11.9. The van der Waals surface area contributed by atoms with E-state index in [1.807, 2.05) is 0 Å². The van der Waals surface area contributed by atoms with Crippen LogP contribution in [0, 0.1) is 10.1 Å². The number of amides is 1. The average molecular weight is 445 g/mol. The summed E-state index contributed by atoms with van der Waals surface area (Å²) in [5.41, 5.74) is 0.267. The third kappa shape index (κ3) is 5.14. The highest BCUT2D eigenvalue weighted by molar-refractivity contribution is 6.36. The SMILES string of the molecule is O=C(COc1cccc(NC(=O)c2ccccc2[N+](=O)[O-])c1)c1ccc(Cl)cc1Cl. The van der Waals surface area contributed by atoms with Crippen LogP contribution in [0.3, 0.4) is 0 Å². The number of benzene rings is 3. The minimum atomic E-state index is -0.636. The van der Waals surface area contributed by atoms with Crippen LogP contribution < -0.4 is 10.1 Å². The predicted molar refractivity (Wildman–Crippen MR) is 114 cm³/mol. The molecule has 0 saturated carbocycles. The lowest BCUT2D eigenvalue weighted by Crippen LogP contribution is -2.14. The van der Waals surface area contributed by atoms with Crippen LogP contribution in [0.2, 0.25) is 10.0 Å². The summed E-state index contributed by atoms with van der Waals surface area (Å²) < 4.78 is 5.50. The number of ether oxygens (including phenoxy) is 1. The van der Waals surface area contributed by atoms with Crippen molar-refractivity contribution in [3.63, 3.8) is 0 Å². The van der Waals surface area contributed by atoms with E-state index in [0.29, 0.717) is 16.5 Å². The number of anilines is 1. The van der Waals surface area contributed by atoms with E-state index in [9.17, 15) is 19.7 Å². The molecule has 3 aromatic carbocycles. The van der Waals surface area contributed by atoms with E-state index in [1.165, 1.54) is 42.5 Å². The number of Topliss-reactive ketones (excluding diaryl/α,β-unsaturated/α-hetero) is 1. The predicted octanol–water partition coefficient (Wildman–Crippen LogP) is 5.42. The number of nitro benzene ring substituents is 1. The van der Waals surface area contributed by atoms with Gasteiger partial charge in [0.15, 0.2) is 6.61 Å². The van der Waals surface area contributed by atoms with Crippen LogP contribution in [0.1, 0.15) is 20.7 Å². The monoisotopic (exact) mass is 444 g/mol. The largest absolute Gasteiger partial charge is 0.485 e. The van der Waals surface area contributed by atoms with Gasteiger partial charge in [-0.05, 0) is 36.4 Å². The maximum Gasteiger partial charge on any atom is 0.282 e. The molecule has 0 aliphatic rings. The minimum absolute atomic E-state index is 0.0682. The Hall–Kier alpha value is -3.42. The molecule has 30 heavy (non-hydrogen) atoms. The first-order chi connectivity index (χ1) is 14.3. The summed E-state index contributed by atoms with van der Waals surface area (Å²) in [7, 11) is 0. The third-order valence-corrected chi connectivity index (χ3v) is 4.59. The maximum absolute atomic E-state index is 12.4. The first-order valence-electron chi connectivity index (χ1n) is 8.61. The van der Waals surface area contributed by atoms with Crippen LogP contribution in [0.5, 0.6) is 5.75 Å². The number of nitro groups is 1. The van der Waals surface area contributed by atoms with Crippen molar-refractivity contribution in [3.05, 3.63) is 98.0 Å². The van der Waals surface area contributed by atoms with Crippen molar-refractivity contribution in [2.45, 2.75) is 0 Å². The Bertz CT molecular complexity index is 1130. The molecule has 0 aliphatic carbocycles. The maximum atomic E-state index is 12.4. The first kappa shape index (κ1) is 21.3. The van der Waals surface area contributed by atoms with E-state index >= 15 is 0 Å². The number of nitrogens with zero attached hydrogens (tertiary/aromatic N) is 1. The number of hydrogen-bond acceptors (Lipinski definition) is 5. The summed E-state index contributed by atoms with van der Waals surface area (Å²) in [6.45, 7) is -0.275. The molecule has 0 bridgehead atoms. The second-order valence-corrected chi connectivity index (χ2v) is 6.94. The number of hydrogen-bond donors (Lipinski definition) is 1. The number of carbonyl (C=O) groups excluding carboxylic acids is 2. The van der Waals surface area contributed by atoms with Crippen molar-refractivity contribution >= 4 is 46.3 Å². The number of halogens is 2. The van der Waals surface area contributed by atoms with Crippen molar-refractivity contribution in [2.24, 2.45) is 0 Å². The number of nitrogens with one attached hydrogen (secondary N) is 1. The Morgan fingerprint density at radius 3 is 2.47 bits per heavy atom. The Balaban J connectivity index is 1.68. The summed E-state index contributed by atoms with van der Waals surface area (Å²) in [5.74, 6) is -0.650.